The Morgan fingerprint density at radius 1 is 1.61 bits per heavy atom. The van der Waals surface area contributed by atoms with Crippen LogP contribution in [-0.4, -0.2) is 32.9 Å². The number of nitrogens with two attached hydrogens (primary N) is 1. The minimum absolute atomic E-state index is 0.183. The van der Waals surface area contributed by atoms with Gasteiger partial charge in [0.1, 0.15) is 0 Å². The van der Waals surface area contributed by atoms with E-state index >= 15 is 0 Å². The number of aromatic nitrogens is 2. The van der Waals surface area contributed by atoms with Gasteiger partial charge >= 0.3 is 0 Å². The average Bonchev–Trinajstić information content (AvgIpc) is 2.73. The number of amides is 1. The quantitative estimate of drug-likeness (QED) is 0.731. The number of nitrogens with one attached hydrogen (secondary N) is 1. The molecule has 6 nitrogen and oxygen atoms in total. The zero-order chi connectivity index (χ0) is 13.1. The van der Waals surface area contributed by atoms with Crippen LogP contribution in [0.2, 0.25) is 0 Å². The summed E-state index contributed by atoms with van der Waals surface area (Å²) in [7, 11) is 0. The highest BCUT2D eigenvalue weighted by Gasteiger charge is 2.26. The monoisotopic (exact) mass is 252 g/mol. The number of aliphatic hydroxyl groups excluding tert-OH is 1. The lowest BCUT2D eigenvalue weighted by Gasteiger charge is -2.28. The fraction of sp³-hybridized carbons (Fsp3) is 0.667. The third-order valence-electron chi connectivity index (χ3n) is 3.38. The van der Waals surface area contributed by atoms with Crippen LogP contribution in [-0.2, 0) is 6.54 Å². The largest absolute Gasteiger partial charge is 0.396 e. The molecular formula is C12H20N4O2. The summed E-state index contributed by atoms with van der Waals surface area (Å²) >= 11 is 0. The van der Waals surface area contributed by atoms with Gasteiger partial charge in [0.25, 0.3) is 5.91 Å². The number of aliphatic hydroxyl groups is 1. The fourth-order valence-electron chi connectivity index (χ4n) is 2.29. The van der Waals surface area contributed by atoms with Crippen LogP contribution in [0.5, 0.6) is 0 Å². The lowest BCUT2D eigenvalue weighted by Crippen LogP contribution is -2.45. The summed E-state index contributed by atoms with van der Waals surface area (Å²) in [6.45, 7) is 2.60. The Labute approximate surface area is 106 Å². The second-order valence-corrected chi connectivity index (χ2v) is 4.72. The molecule has 0 unspecified atom stereocenters. The van der Waals surface area contributed by atoms with Crippen molar-refractivity contribution in [2.75, 3.05) is 5.73 Å². The summed E-state index contributed by atoms with van der Waals surface area (Å²) in [5.41, 5.74) is 6.37. The van der Waals surface area contributed by atoms with E-state index in [4.69, 9.17) is 5.73 Å². The van der Waals surface area contributed by atoms with E-state index < -0.39 is 6.10 Å². The lowest BCUT2D eigenvalue weighted by atomic mass is 9.92. The molecule has 0 aliphatic heterocycles. The zero-order valence-corrected chi connectivity index (χ0v) is 10.6. The maximum Gasteiger partial charge on any atom is 0.274 e. The van der Waals surface area contributed by atoms with Crippen molar-refractivity contribution in [2.24, 2.45) is 0 Å². The minimum Gasteiger partial charge on any atom is -0.396 e. The van der Waals surface area contributed by atoms with Crippen molar-refractivity contribution in [1.82, 2.24) is 15.1 Å². The summed E-state index contributed by atoms with van der Waals surface area (Å²) in [5.74, 6) is -0.300. The van der Waals surface area contributed by atoms with Gasteiger partial charge in [-0.2, -0.15) is 5.10 Å². The van der Waals surface area contributed by atoms with Crippen LogP contribution >= 0.6 is 0 Å². The van der Waals surface area contributed by atoms with Crippen LogP contribution in [0.15, 0.2) is 6.20 Å². The number of hydrogen-bond donors (Lipinski definition) is 3. The van der Waals surface area contributed by atoms with Gasteiger partial charge in [-0.05, 0) is 19.8 Å². The van der Waals surface area contributed by atoms with Gasteiger partial charge in [-0.25, -0.2) is 0 Å². The maximum atomic E-state index is 12.0. The Morgan fingerprint density at radius 3 is 2.94 bits per heavy atom. The van der Waals surface area contributed by atoms with Gasteiger partial charge in [0.15, 0.2) is 5.69 Å². The van der Waals surface area contributed by atoms with Gasteiger partial charge in [0.05, 0.1) is 17.8 Å². The molecule has 0 aromatic carbocycles. The van der Waals surface area contributed by atoms with Crippen molar-refractivity contribution >= 4 is 11.6 Å². The number of carbonyl (C=O) groups is 1. The molecule has 100 valence electrons. The molecule has 0 spiro atoms. The SMILES string of the molecule is CCn1cc(N)c(C(=O)N[C@H]2CCCC[C@@H]2O)n1. The first-order valence-electron chi connectivity index (χ1n) is 6.43. The maximum absolute atomic E-state index is 12.0. The molecule has 1 fully saturated rings. The number of nitrogens with zero attached hydrogens (tertiary/aromatic N) is 2. The molecule has 1 heterocycles. The van der Waals surface area contributed by atoms with E-state index in [9.17, 15) is 9.90 Å². The van der Waals surface area contributed by atoms with Crippen LogP contribution in [0.25, 0.3) is 0 Å². The molecule has 1 amide bonds. The standard InChI is InChI=1S/C12H20N4O2/c1-2-16-7-8(13)11(15-16)12(18)14-9-5-3-4-6-10(9)17/h7,9-10,17H,2-6,13H2,1H3,(H,14,18)/t9-,10-/m0/s1. The Hall–Kier alpha value is -1.56. The van der Waals surface area contributed by atoms with Gasteiger partial charge in [0, 0.05) is 12.7 Å². The second-order valence-electron chi connectivity index (χ2n) is 4.72. The fourth-order valence-corrected chi connectivity index (χ4v) is 2.29. The molecule has 18 heavy (non-hydrogen) atoms. The van der Waals surface area contributed by atoms with Crippen LogP contribution in [0.4, 0.5) is 5.69 Å². The summed E-state index contributed by atoms with van der Waals surface area (Å²) in [6.07, 6.45) is 4.77. The topological polar surface area (TPSA) is 93.2 Å². The molecule has 1 aliphatic carbocycles. The Morgan fingerprint density at radius 2 is 2.33 bits per heavy atom. The second kappa shape index (κ2) is 5.39. The Bertz CT molecular complexity index is 430. The molecule has 1 aromatic rings. The minimum atomic E-state index is -0.461. The average molecular weight is 252 g/mol. The number of hydrogen-bond acceptors (Lipinski definition) is 4. The molecular weight excluding hydrogens is 232 g/mol. The van der Waals surface area contributed by atoms with Crippen LogP contribution in [0, 0.1) is 0 Å². The number of nitrogen functional groups attached to an aromatic ring is 1. The predicted octanol–water partition coefficient (Wildman–Crippen LogP) is 0.518. The van der Waals surface area contributed by atoms with Gasteiger partial charge in [-0.15, -0.1) is 0 Å². The summed E-state index contributed by atoms with van der Waals surface area (Å²) in [5, 5.41) is 16.7. The first kappa shape index (κ1) is 12.9. The van der Waals surface area contributed by atoms with Crippen molar-refractivity contribution in [3.8, 4) is 0 Å². The molecule has 0 saturated heterocycles. The van der Waals surface area contributed by atoms with Crippen LogP contribution in [0.3, 0.4) is 0 Å². The normalized spacial score (nSPS) is 23.9. The number of rotatable bonds is 3. The number of anilines is 1. The van der Waals surface area contributed by atoms with Gasteiger partial charge < -0.3 is 16.2 Å². The van der Waals surface area contributed by atoms with Crippen molar-refractivity contribution in [2.45, 2.75) is 51.3 Å². The first-order chi connectivity index (χ1) is 8.61. The van der Waals surface area contributed by atoms with E-state index in [0.717, 1.165) is 25.7 Å². The number of carbonyl (C=O) groups excluding carboxylic acids is 1. The van der Waals surface area contributed by atoms with E-state index in [2.05, 4.69) is 10.4 Å². The third-order valence-corrected chi connectivity index (χ3v) is 3.38. The molecule has 6 heteroatoms. The van der Waals surface area contributed by atoms with Gasteiger partial charge in [-0.3, -0.25) is 9.48 Å². The molecule has 0 bridgehead atoms. The van der Waals surface area contributed by atoms with E-state index in [-0.39, 0.29) is 17.6 Å². The van der Waals surface area contributed by atoms with Gasteiger partial charge in [0.2, 0.25) is 0 Å². The van der Waals surface area contributed by atoms with Gasteiger partial charge in [-0.1, -0.05) is 12.8 Å². The van der Waals surface area contributed by atoms with Crippen molar-refractivity contribution in [3.05, 3.63) is 11.9 Å². The van der Waals surface area contributed by atoms with E-state index in [1.165, 1.54) is 0 Å². The van der Waals surface area contributed by atoms with E-state index in [1.807, 2.05) is 6.92 Å². The first-order valence-corrected chi connectivity index (χ1v) is 6.43. The summed E-state index contributed by atoms with van der Waals surface area (Å²) in [4.78, 5) is 12.0. The van der Waals surface area contributed by atoms with E-state index in [1.54, 1.807) is 10.9 Å². The molecule has 2 atom stereocenters. The predicted molar refractivity (Wildman–Crippen MR) is 68.0 cm³/mol. The Balaban J connectivity index is 2.04. The van der Waals surface area contributed by atoms with Crippen molar-refractivity contribution in [3.63, 3.8) is 0 Å². The highest BCUT2D eigenvalue weighted by Crippen LogP contribution is 2.19. The molecule has 4 N–H and O–H groups in total. The van der Waals surface area contributed by atoms with Crippen LogP contribution < -0.4 is 11.1 Å². The molecule has 1 saturated carbocycles. The Kier molecular flexibility index (Phi) is 3.86. The molecule has 2 rings (SSSR count). The van der Waals surface area contributed by atoms with Crippen LogP contribution in [0.1, 0.15) is 43.1 Å². The highest BCUT2D eigenvalue weighted by molar-refractivity contribution is 5.97. The van der Waals surface area contributed by atoms with Crippen molar-refractivity contribution in [1.29, 1.82) is 0 Å². The smallest absolute Gasteiger partial charge is 0.274 e. The van der Waals surface area contributed by atoms with Crippen molar-refractivity contribution < 1.29 is 9.90 Å². The summed E-state index contributed by atoms with van der Waals surface area (Å²) in [6, 6.07) is -0.183. The number of aryl methyl sites for hydroxylation is 1. The molecule has 0 radical (unpaired) electrons. The summed E-state index contributed by atoms with van der Waals surface area (Å²) < 4.78 is 1.63. The van der Waals surface area contributed by atoms with E-state index in [0.29, 0.717) is 12.2 Å². The molecule has 1 aliphatic rings. The zero-order valence-electron chi connectivity index (χ0n) is 10.6. The molecule has 1 aromatic heterocycles. The third kappa shape index (κ3) is 2.64. The lowest BCUT2D eigenvalue weighted by molar-refractivity contribution is 0.0714. The highest BCUT2D eigenvalue weighted by atomic mass is 16.3.